The quantitative estimate of drug-likeness (QED) is 0.833. The first-order valence-corrected chi connectivity index (χ1v) is 8.74. The Morgan fingerprint density at radius 3 is 2.46 bits per heavy atom. The van der Waals surface area contributed by atoms with E-state index in [0.717, 1.165) is 26.2 Å². The van der Waals surface area contributed by atoms with E-state index in [1.165, 1.54) is 0 Å². The molecular weight excluding hydrogens is 332 g/mol. The van der Waals surface area contributed by atoms with Gasteiger partial charge in [-0.1, -0.05) is 12.1 Å². The molecule has 26 heavy (non-hydrogen) atoms. The van der Waals surface area contributed by atoms with Crippen LogP contribution in [0.15, 0.2) is 36.5 Å². The summed E-state index contributed by atoms with van der Waals surface area (Å²) in [5.74, 6) is 2.80. The van der Waals surface area contributed by atoms with E-state index in [9.17, 15) is 4.79 Å². The van der Waals surface area contributed by atoms with E-state index in [-0.39, 0.29) is 5.91 Å². The van der Waals surface area contributed by atoms with Gasteiger partial charge in [0.1, 0.15) is 5.75 Å². The fraction of sp³-hybridized carbons (Fsp3) is 0.421. The molecular formula is C19H22N4O3. The first kappa shape index (κ1) is 16.6. The Kier molecular flexibility index (Phi) is 4.36. The molecule has 2 aliphatic rings. The predicted molar refractivity (Wildman–Crippen MR) is 96.7 cm³/mol. The van der Waals surface area contributed by atoms with Crippen molar-refractivity contribution in [3.05, 3.63) is 42.1 Å². The van der Waals surface area contributed by atoms with Crippen LogP contribution in [0.25, 0.3) is 0 Å². The molecule has 1 unspecified atom stereocenters. The number of methoxy groups -OCH3 is 2. The van der Waals surface area contributed by atoms with E-state index < -0.39 is 0 Å². The van der Waals surface area contributed by atoms with Crippen LogP contribution in [-0.4, -0.2) is 61.2 Å². The van der Waals surface area contributed by atoms with Crippen molar-refractivity contribution >= 4 is 11.9 Å². The first-order valence-electron chi connectivity index (χ1n) is 8.74. The van der Waals surface area contributed by atoms with Crippen LogP contribution in [0.3, 0.4) is 0 Å². The lowest BCUT2D eigenvalue weighted by atomic mass is 10.0. The van der Waals surface area contributed by atoms with Gasteiger partial charge in [-0.15, -0.1) is 0 Å². The maximum absolute atomic E-state index is 12.9. The number of para-hydroxylation sites is 1. The largest absolute Gasteiger partial charge is 0.496 e. The van der Waals surface area contributed by atoms with Crippen molar-refractivity contribution in [3.63, 3.8) is 0 Å². The lowest BCUT2D eigenvalue weighted by molar-refractivity contribution is 0.0779. The Labute approximate surface area is 152 Å². The van der Waals surface area contributed by atoms with Crippen molar-refractivity contribution in [1.82, 2.24) is 14.9 Å². The molecule has 0 bridgehead atoms. The third kappa shape index (κ3) is 2.94. The van der Waals surface area contributed by atoms with Gasteiger partial charge in [0.05, 0.1) is 19.8 Å². The summed E-state index contributed by atoms with van der Waals surface area (Å²) in [6.45, 7) is 3.21. The Morgan fingerprint density at radius 1 is 1.04 bits per heavy atom. The number of carbonyl (C=O) groups excluding carboxylic acids is 1. The van der Waals surface area contributed by atoms with Crippen LogP contribution >= 0.6 is 0 Å². The Balaban J connectivity index is 1.44. The van der Waals surface area contributed by atoms with Gasteiger partial charge in [-0.25, -0.2) is 4.98 Å². The van der Waals surface area contributed by atoms with Crippen LogP contribution in [0.2, 0.25) is 0 Å². The number of fused-ring (bicyclic) bond motifs is 1. The number of nitrogens with zero attached hydrogens (tertiary/aromatic N) is 4. The second kappa shape index (κ2) is 6.82. The van der Waals surface area contributed by atoms with Gasteiger partial charge in [0.2, 0.25) is 11.8 Å². The minimum absolute atomic E-state index is 0.0426. The molecule has 2 atom stereocenters. The molecule has 0 N–H and O–H groups in total. The van der Waals surface area contributed by atoms with E-state index in [4.69, 9.17) is 9.47 Å². The van der Waals surface area contributed by atoms with Crippen LogP contribution in [0.4, 0.5) is 5.95 Å². The number of ether oxygens (including phenoxy) is 2. The van der Waals surface area contributed by atoms with E-state index in [1.807, 2.05) is 29.2 Å². The van der Waals surface area contributed by atoms with Gasteiger partial charge in [-0.2, -0.15) is 4.98 Å². The zero-order valence-corrected chi connectivity index (χ0v) is 15.0. The molecule has 2 aliphatic heterocycles. The van der Waals surface area contributed by atoms with Crippen molar-refractivity contribution in [2.45, 2.75) is 0 Å². The summed E-state index contributed by atoms with van der Waals surface area (Å²) in [4.78, 5) is 25.8. The Bertz CT molecular complexity index is 799. The van der Waals surface area contributed by atoms with Crippen molar-refractivity contribution in [2.24, 2.45) is 11.8 Å². The van der Waals surface area contributed by atoms with E-state index in [1.54, 1.807) is 26.5 Å². The summed E-state index contributed by atoms with van der Waals surface area (Å²) in [5, 5.41) is 0. The molecule has 3 heterocycles. The second-order valence-corrected chi connectivity index (χ2v) is 6.73. The van der Waals surface area contributed by atoms with Gasteiger partial charge in [-0.3, -0.25) is 4.79 Å². The van der Waals surface area contributed by atoms with Gasteiger partial charge < -0.3 is 19.3 Å². The normalized spacial score (nSPS) is 21.6. The number of amides is 1. The molecule has 1 aromatic carbocycles. The fourth-order valence-electron chi connectivity index (χ4n) is 3.91. The number of aromatic nitrogens is 2. The number of likely N-dealkylation sites (tertiary alicyclic amines) is 1. The monoisotopic (exact) mass is 354 g/mol. The van der Waals surface area contributed by atoms with E-state index in [0.29, 0.717) is 35.0 Å². The number of benzene rings is 1. The van der Waals surface area contributed by atoms with Gasteiger partial charge >= 0.3 is 0 Å². The molecule has 2 fully saturated rings. The highest BCUT2D eigenvalue weighted by atomic mass is 16.5. The highest BCUT2D eigenvalue weighted by molar-refractivity contribution is 5.97. The average molecular weight is 354 g/mol. The molecule has 7 nitrogen and oxygen atoms in total. The molecule has 0 saturated carbocycles. The maximum atomic E-state index is 12.9. The van der Waals surface area contributed by atoms with Gasteiger partial charge in [0.15, 0.2) is 0 Å². The standard InChI is InChI=1S/C19H22N4O3/c1-25-16-6-4-3-5-15(16)18(24)22-9-13-11-23(12-14(13)10-22)19-20-8-7-17(21-19)26-2/h3-8,13-14H,9-12H2,1-2H3/t13-,14?/m1/s1. The zero-order chi connectivity index (χ0) is 18.1. The minimum atomic E-state index is 0.0426. The summed E-state index contributed by atoms with van der Waals surface area (Å²) in [6, 6.07) is 9.14. The molecule has 0 radical (unpaired) electrons. The molecule has 2 aromatic rings. The third-order valence-electron chi connectivity index (χ3n) is 5.22. The van der Waals surface area contributed by atoms with Crippen molar-refractivity contribution in [1.29, 1.82) is 0 Å². The molecule has 0 aliphatic carbocycles. The molecule has 2 saturated heterocycles. The number of hydrogen-bond acceptors (Lipinski definition) is 6. The van der Waals surface area contributed by atoms with Crippen LogP contribution in [0.1, 0.15) is 10.4 Å². The lowest BCUT2D eigenvalue weighted by Crippen LogP contribution is -2.34. The smallest absolute Gasteiger partial charge is 0.257 e. The van der Waals surface area contributed by atoms with E-state index >= 15 is 0 Å². The summed E-state index contributed by atoms with van der Waals surface area (Å²) < 4.78 is 10.5. The highest BCUT2D eigenvalue weighted by Crippen LogP contribution is 2.34. The first-order chi connectivity index (χ1) is 12.7. The molecule has 0 spiro atoms. The summed E-state index contributed by atoms with van der Waals surface area (Å²) in [6.07, 6.45) is 1.72. The molecule has 1 aromatic heterocycles. The summed E-state index contributed by atoms with van der Waals surface area (Å²) in [7, 11) is 3.20. The highest BCUT2D eigenvalue weighted by Gasteiger charge is 2.42. The van der Waals surface area contributed by atoms with Crippen LogP contribution in [0.5, 0.6) is 11.6 Å². The predicted octanol–water partition coefficient (Wildman–Crippen LogP) is 1.70. The van der Waals surface area contributed by atoms with Gasteiger partial charge in [0, 0.05) is 50.3 Å². The Hall–Kier alpha value is -2.83. The molecule has 1 amide bonds. The fourth-order valence-corrected chi connectivity index (χ4v) is 3.91. The molecule has 7 heteroatoms. The Morgan fingerprint density at radius 2 is 1.77 bits per heavy atom. The zero-order valence-electron chi connectivity index (χ0n) is 15.0. The third-order valence-corrected chi connectivity index (χ3v) is 5.22. The van der Waals surface area contributed by atoms with Crippen molar-refractivity contribution in [2.75, 3.05) is 45.3 Å². The second-order valence-electron chi connectivity index (χ2n) is 6.73. The van der Waals surface area contributed by atoms with Gasteiger partial charge in [0.25, 0.3) is 5.91 Å². The minimum Gasteiger partial charge on any atom is -0.496 e. The number of carbonyl (C=O) groups is 1. The molecule has 4 rings (SSSR count). The number of rotatable bonds is 4. The van der Waals surface area contributed by atoms with Crippen molar-refractivity contribution in [3.8, 4) is 11.6 Å². The van der Waals surface area contributed by atoms with Crippen LogP contribution in [-0.2, 0) is 0 Å². The SMILES string of the molecule is COc1ccnc(N2CC3CN(C(=O)c4ccccc4OC)C[C@@H]3C2)n1. The van der Waals surface area contributed by atoms with E-state index in [2.05, 4.69) is 14.9 Å². The van der Waals surface area contributed by atoms with Crippen molar-refractivity contribution < 1.29 is 14.3 Å². The maximum Gasteiger partial charge on any atom is 0.257 e. The average Bonchev–Trinajstić information content (AvgIpc) is 3.26. The lowest BCUT2D eigenvalue weighted by Gasteiger charge is -2.22. The number of hydrogen-bond donors (Lipinski definition) is 0. The number of anilines is 1. The molecule has 136 valence electrons. The van der Waals surface area contributed by atoms with Crippen LogP contribution < -0.4 is 14.4 Å². The summed E-state index contributed by atoms with van der Waals surface area (Å²) in [5.41, 5.74) is 0.628. The van der Waals surface area contributed by atoms with Crippen LogP contribution in [0, 0.1) is 11.8 Å². The summed E-state index contributed by atoms with van der Waals surface area (Å²) >= 11 is 0. The van der Waals surface area contributed by atoms with Gasteiger partial charge in [-0.05, 0) is 12.1 Å². The topological polar surface area (TPSA) is 67.8 Å².